The van der Waals surface area contributed by atoms with E-state index in [1.54, 1.807) is 0 Å². The van der Waals surface area contributed by atoms with Crippen LogP contribution < -0.4 is 0 Å². The molecule has 0 saturated carbocycles. The fraction of sp³-hybridized carbons (Fsp3) is 0.478. The molecule has 2 aromatic carbocycles. The van der Waals surface area contributed by atoms with Crippen molar-refractivity contribution in [2.75, 3.05) is 0 Å². The Labute approximate surface area is 147 Å². The normalized spacial score (nSPS) is 11.7. The predicted octanol–water partition coefficient (Wildman–Crippen LogP) is 5.86. The van der Waals surface area contributed by atoms with E-state index in [0.29, 0.717) is 11.8 Å². The van der Waals surface area contributed by atoms with E-state index in [1.807, 2.05) is 0 Å². The van der Waals surface area contributed by atoms with Crippen LogP contribution in [0.2, 0.25) is 0 Å². The largest absolute Gasteiger partial charge is 0.393 e. The number of aryl methyl sites for hydroxylation is 2. The van der Waals surface area contributed by atoms with Crippen LogP contribution in [0.1, 0.15) is 74.6 Å². The highest BCUT2D eigenvalue weighted by Gasteiger charge is 2.07. The monoisotopic (exact) mass is 324 g/mol. The van der Waals surface area contributed by atoms with Gasteiger partial charge in [-0.15, -0.1) is 0 Å². The van der Waals surface area contributed by atoms with E-state index in [1.165, 1.54) is 22.3 Å². The van der Waals surface area contributed by atoms with Crippen molar-refractivity contribution in [2.24, 2.45) is 0 Å². The van der Waals surface area contributed by atoms with Crippen molar-refractivity contribution in [3.8, 4) is 0 Å². The Kier molecular flexibility index (Phi) is 7.05. The van der Waals surface area contributed by atoms with Crippen LogP contribution in [0.4, 0.5) is 0 Å². The number of hydrogen-bond acceptors (Lipinski definition) is 1. The summed E-state index contributed by atoms with van der Waals surface area (Å²) in [5.74, 6) is 1.15. The zero-order valence-electron chi connectivity index (χ0n) is 15.6. The first kappa shape index (κ1) is 18.7. The second kappa shape index (κ2) is 9.03. The molecule has 1 heteroatoms. The van der Waals surface area contributed by atoms with Gasteiger partial charge in [0, 0.05) is 0 Å². The number of aliphatic hydroxyl groups is 1. The maximum atomic E-state index is 10.3. The highest BCUT2D eigenvalue weighted by molar-refractivity contribution is 5.25. The topological polar surface area (TPSA) is 20.2 Å². The van der Waals surface area contributed by atoms with Gasteiger partial charge in [-0.25, -0.2) is 0 Å². The molecule has 0 bridgehead atoms. The molecule has 24 heavy (non-hydrogen) atoms. The average molecular weight is 325 g/mol. The summed E-state index contributed by atoms with van der Waals surface area (Å²) in [6.07, 6.45) is 3.35. The Morgan fingerprint density at radius 3 is 1.25 bits per heavy atom. The van der Waals surface area contributed by atoms with Crippen LogP contribution in [0.5, 0.6) is 0 Å². The smallest absolute Gasteiger partial charge is 0.0546 e. The van der Waals surface area contributed by atoms with Crippen LogP contribution in [0, 0.1) is 0 Å². The van der Waals surface area contributed by atoms with E-state index >= 15 is 0 Å². The molecule has 2 aromatic rings. The lowest BCUT2D eigenvalue weighted by atomic mass is 9.97. The van der Waals surface area contributed by atoms with Gasteiger partial charge in [0.15, 0.2) is 0 Å². The second-order valence-corrected chi connectivity index (χ2v) is 7.52. The lowest BCUT2D eigenvalue weighted by molar-refractivity contribution is 0.155. The molecule has 0 unspecified atom stereocenters. The number of benzene rings is 2. The van der Waals surface area contributed by atoms with Gasteiger partial charge < -0.3 is 5.11 Å². The summed E-state index contributed by atoms with van der Waals surface area (Å²) in [4.78, 5) is 0. The van der Waals surface area contributed by atoms with E-state index in [2.05, 4.69) is 76.2 Å². The molecular weight excluding hydrogens is 292 g/mol. The Morgan fingerprint density at radius 1 is 0.625 bits per heavy atom. The molecule has 1 N–H and O–H groups in total. The molecule has 0 aliphatic rings. The van der Waals surface area contributed by atoms with E-state index in [9.17, 15) is 5.11 Å². The van der Waals surface area contributed by atoms with Crippen LogP contribution in [0.15, 0.2) is 48.5 Å². The minimum Gasteiger partial charge on any atom is -0.393 e. The van der Waals surface area contributed by atoms with Crippen LogP contribution in [-0.2, 0) is 12.8 Å². The summed E-state index contributed by atoms with van der Waals surface area (Å²) < 4.78 is 0. The zero-order valence-corrected chi connectivity index (χ0v) is 15.6. The summed E-state index contributed by atoms with van der Waals surface area (Å²) in [5.41, 5.74) is 5.40. The molecule has 0 radical (unpaired) electrons. The van der Waals surface area contributed by atoms with E-state index < -0.39 is 0 Å². The lowest BCUT2D eigenvalue weighted by Crippen LogP contribution is -2.09. The van der Waals surface area contributed by atoms with Crippen molar-refractivity contribution in [1.29, 1.82) is 0 Å². The van der Waals surface area contributed by atoms with Crippen LogP contribution in [0.25, 0.3) is 0 Å². The highest BCUT2D eigenvalue weighted by Crippen LogP contribution is 2.18. The molecular formula is C23H32O. The fourth-order valence-electron chi connectivity index (χ4n) is 2.95. The van der Waals surface area contributed by atoms with Crippen molar-refractivity contribution in [3.63, 3.8) is 0 Å². The standard InChI is InChI=1S/C23H32O/c1-17(2)21-11-5-19(6-12-21)9-15-23(24)16-10-20-7-13-22(14-8-20)18(3)4/h5-8,11-14,17-18,23-24H,9-10,15-16H2,1-4H3. The Hall–Kier alpha value is -1.60. The Morgan fingerprint density at radius 2 is 0.958 bits per heavy atom. The molecule has 0 fully saturated rings. The highest BCUT2D eigenvalue weighted by atomic mass is 16.3. The summed E-state index contributed by atoms with van der Waals surface area (Å²) in [6, 6.07) is 17.6. The molecule has 0 spiro atoms. The second-order valence-electron chi connectivity index (χ2n) is 7.52. The van der Waals surface area contributed by atoms with Gasteiger partial charge in [0.2, 0.25) is 0 Å². The first-order valence-electron chi connectivity index (χ1n) is 9.31. The average Bonchev–Trinajstić information content (AvgIpc) is 2.58. The van der Waals surface area contributed by atoms with Gasteiger partial charge in [0.05, 0.1) is 6.10 Å². The third kappa shape index (κ3) is 5.79. The lowest BCUT2D eigenvalue weighted by Gasteiger charge is -2.12. The van der Waals surface area contributed by atoms with Crippen molar-refractivity contribution < 1.29 is 5.11 Å². The van der Waals surface area contributed by atoms with E-state index in [4.69, 9.17) is 0 Å². The van der Waals surface area contributed by atoms with Crippen molar-refractivity contribution >= 4 is 0 Å². The van der Waals surface area contributed by atoms with Crippen LogP contribution >= 0.6 is 0 Å². The first-order chi connectivity index (χ1) is 11.5. The summed E-state index contributed by atoms with van der Waals surface area (Å²) >= 11 is 0. The third-order valence-corrected chi connectivity index (χ3v) is 4.83. The molecule has 130 valence electrons. The molecule has 0 saturated heterocycles. The quantitative estimate of drug-likeness (QED) is 0.645. The van der Waals surface area contributed by atoms with Gasteiger partial charge in [-0.2, -0.15) is 0 Å². The molecule has 0 aliphatic heterocycles. The SMILES string of the molecule is CC(C)c1ccc(CCC(O)CCc2ccc(C(C)C)cc2)cc1. The summed E-state index contributed by atoms with van der Waals surface area (Å²) in [6.45, 7) is 8.86. The summed E-state index contributed by atoms with van der Waals surface area (Å²) in [5, 5.41) is 10.3. The van der Waals surface area contributed by atoms with Crippen molar-refractivity contribution in [1.82, 2.24) is 0 Å². The number of hydrogen-bond donors (Lipinski definition) is 1. The molecule has 0 amide bonds. The van der Waals surface area contributed by atoms with Gasteiger partial charge >= 0.3 is 0 Å². The van der Waals surface area contributed by atoms with Crippen molar-refractivity contribution in [3.05, 3.63) is 70.8 Å². The minimum atomic E-state index is -0.223. The van der Waals surface area contributed by atoms with Gasteiger partial charge in [0.1, 0.15) is 0 Å². The third-order valence-electron chi connectivity index (χ3n) is 4.83. The zero-order chi connectivity index (χ0) is 17.5. The molecule has 0 aromatic heterocycles. The molecule has 0 heterocycles. The summed E-state index contributed by atoms with van der Waals surface area (Å²) in [7, 11) is 0. The molecule has 0 aliphatic carbocycles. The van der Waals surface area contributed by atoms with E-state index in [0.717, 1.165) is 25.7 Å². The van der Waals surface area contributed by atoms with Gasteiger partial charge in [-0.3, -0.25) is 0 Å². The number of aliphatic hydroxyl groups excluding tert-OH is 1. The van der Waals surface area contributed by atoms with Crippen LogP contribution in [-0.4, -0.2) is 11.2 Å². The van der Waals surface area contributed by atoms with Gasteiger partial charge in [-0.05, 0) is 59.8 Å². The Balaban J connectivity index is 1.75. The fourth-order valence-corrected chi connectivity index (χ4v) is 2.95. The van der Waals surface area contributed by atoms with Crippen molar-refractivity contribution in [2.45, 2.75) is 71.3 Å². The molecule has 2 rings (SSSR count). The first-order valence-corrected chi connectivity index (χ1v) is 9.31. The van der Waals surface area contributed by atoms with E-state index in [-0.39, 0.29) is 6.10 Å². The minimum absolute atomic E-state index is 0.223. The number of rotatable bonds is 8. The van der Waals surface area contributed by atoms with Gasteiger partial charge in [-0.1, -0.05) is 76.2 Å². The van der Waals surface area contributed by atoms with Crippen LogP contribution in [0.3, 0.4) is 0 Å². The maximum Gasteiger partial charge on any atom is 0.0546 e. The predicted molar refractivity (Wildman–Crippen MR) is 104 cm³/mol. The Bertz CT molecular complexity index is 537. The molecule has 0 atom stereocenters. The van der Waals surface area contributed by atoms with Gasteiger partial charge in [0.25, 0.3) is 0 Å². The maximum absolute atomic E-state index is 10.3. The molecule has 1 nitrogen and oxygen atoms in total.